The van der Waals surface area contributed by atoms with E-state index < -0.39 is 11.7 Å². The maximum Gasteiger partial charge on any atom is 0.416 e. The first-order valence-electron chi connectivity index (χ1n) is 14.6. The van der Waals surface area contributed by atoms with Gasteiger partial charge in [0.15, 0.2) is 0 Å². The van der Waals surface area contributed by atoms with Crippen LogP contribution in [0.1, 0.15) is 50.9 Å². The largest absolute Gasteiger partial charge is 0.416 e. The number of halogens is 3. The molecule has 0 amide bonds. The molecule has 0 unspecified atom stereocenters. The normalized spacial score (nSPS) is 14.8. The second-order valence-electron chi connectivity index (χ2n) is 11.3. The van der Waals surface area contributed by atoms with Crippen LogP contribution >= 0.6 is 0 Å². The summed E-state index contributed by atoms with van der Waals surface area (Å²) >= 11 is 0. The summed E-state index contributed by atoms with van der Waals surface area (Å²) in [6, 6.07) is 25.8. The quantitative estimate of drug-likeness (QED) is 0.178. The summed E-state index contributed by atoms with van der Waals surface area (Å²) in [5.74, 6) is 1.50. The van der Waals surface area contributed by atoms with E-state index in [0.717, 1.165) is 75.7 Å². The highest BCUT2D eigenvalue weighted by Crippen LogP contribution is 2.32. The van der Waals surface area contributed by atoms with Crippen molar-refractivity contribution in [1.29, 1.82) is 0 Å². The molecule has 0 radical (unpaired) electrons. The first kappa shape index (κ1) is 30.1. The average molecular weight is 583 g/mol. The Hall–Kier alpha value is -4.39. The van der Waals surface area contributed by atoms with E-state index in [-0.39, 0.29) is 0 Å². The van der Waals surface area contributed by atoms with Crippen LogP contribution < -0.4 is 0 Å². The topological polar surface area (TPSA) is 31.2 Å². The van der Waals surface area contributed by atoms with E-state index >= 15 is 0 Å². The molecule has 4 nitrogen and oxygen atoms in total. The fourth-order valence-electron chi connectivity index (χ4n) is 5.72. The Kier molecular flexibility index (Phi) is 8.71. The lowest BCUT2D eigenvalue weighted by atomic mass is 10.0. The van der Waals surface area contributed by atoms with Gasteiger partial charge in [0, 0.05) is 24.2 Å². The summed E-state index contributed by atoms with van der Waals surface area (Å²) in [4.78, 5) is 14.8. The predicted molar refractivity (Wildman–Crippen MR) is 170 cm³/mol. The first-order chi connectivity index (χ1) is 20.5. The Bertz CT molecular complexity index is 1610. The van der Waals surface area contributed by atoms with Crippen molar-refractivity contribution in [1.82, 2.24) is 9.80 Å². The number of benzene rings is 4. The van der Waals surface area contributed by atoms with E-state index in [1.807, 2.05) is 45.0 Å². The summed E-state index contributed by atoms with van der Waals surface area (Å²) in [5, 5.41) is 0. The number of nitrogens with zero attached hydrogens (tertiary/aromatic N) is 4. The van der Waals surface area contributed by atoms with Crippen LogP contribution in [0.3, 0.4) is 0 Å². The second-order valence-corrected chi connectivity index (χ2v) is 11.3. The number of alkyl halides is 3. The number of hydrogen-bond donors (Lipinski definition) is 0. The van der Waals surface area contributed by atoms with Gasteiger partial charge in [-0.1, -0.05) is 78.4 Å². The van der Waals surface area contributed by atoms with Crippen molar-refractivity contribution < 1.29 is 13.2 Å². The summed E-state index contributed by atoms with van der Waals surface area (Å²) < 4.78 is 40.3. The molecule has 0 aliphatic carbocycles. The third-order valence-corrected chi connectivity index (χ3v) is 7.81. The molecule has 5 rings (SSSR count). The lowest BCUT2D eigenvalue weighted by Crippen LogP contribution is -2.50. The zero-order valence-electron chi connectivity index (χ0n) is 25.3. The van der Waals surface area contributed by atoms with Crippen molar-refractivity contribution in [3.8, 4) is 0 Å². The third-order valence-electron chi connectivity index (χ3n) is 7.81. The minimum Gasteiger partial charge on any atom is -0.338 e. The van der Waals surface area contributed by atoms with Gasteiger partial charge >= 0.3 is 6.18 Å². The highest BCUT2D eigenvalue weighted by atomic mass is 19.4. The van der Waals surface area contributed by atoms with Gasteiger partial charge in [-0.05, 0) is 75.4 Å². The van der Waals surface area contributed by atoms with Crippen LogP contribution in [-0.4, -0.2) is 41.2 Å². The molecule has 1 aliphatic rings. The Balaban J connectivity index is 1.60. The number of amidine groups is 2. The number of aryl methyl sites for hydroxylation is 5. The van der Waals surface area contributed by atoms with E-state index in [1.54, 1.807) is 0 Å². The molecule has 4 aromatic rings. The Morgan fingerprint density at radius 2 is 1.09 bits per heavy atom. The van der Waals surface area contributed by atoms with Crippen LogP contribution in [0.25, 0.3) is 0 Å². The van der Waals surface area contributed by atoms with Crippen LogP contribution in [0.5, 0.6) is 0 Å². The van der Waals surface area contributed by atoms with E-state index in [9.17, 15) is 13.2 Å². The third kappa shape index (κ3) is 6.82. The van der Waals surface area contributed by atoms with E-state index in [4.69, 9.17) is 9.98 Å². The minimum absolute atomic E-state index is 0.489. The standard InChI is InChI=1S/C36H37F3N4/c1-24-21-27(4)33(28(5)22-24)41-35(30-15-17-31(18-16-30)36(37,38)39)43-20-10-19-42(23-43)34(29-13-7-6-8-14-29)40-32-25(2)11-9-12-26(32)3/h6-9,11-18,21-22H,10,19-20,23H2,1-5H3. The molecular weight excluding hydrogens is 545 g/mol. The molecule has 0 N–H and O–H groups in total. The highest BCUT2D eigenvalue weighted by Gasteiger charge is 2.31. The van der Waals surface area contributed by atoms with Gasteiger partial charge in [0.05, 0.1) is 23.6 Å². The SMILES string of the molecule is Cc1cc(C)c(N=C(c2ccc(C(F)(F)F)cc2)N2CCCN(C(=Nc3c(C)cccc3C)c3ccccc3)C2)c(C)c1. The van der Waals surface area contributed by atoms with Crippen LogP contribution in [0.15, 0.2) is 94.9 Å². The molecule has 1 fully saturated rings. The molecule has 0 bridgehead atoms. The fourth-order valence-corrected chi connectivity index (χ4v) is 5.72. The Morgan fingerprint density at radius 3 is 1.60 bits per heavy atom. The monoisotopic (exact) mass is 582 g/mol. The second kappa shape index (κ2) is 12.5. The fraction of sp³-hybridized carbons (Fsp3) is 0.278. The molecule has 0 atom stereocenters. The summed E-state index contributed by atoms with van der Waals surface area (Å²) in [7, 11) is 0. The smallest absolute Gasteiger partial charge is 0.338 e. The lowest BCUT2D eigenvalue weighted by Gasteiger charge is -2.39. The molecular formula is C36H37F3N4. The van der Waals surface area contributed by atoms with Crippen LogP contribution in [0, 0.1) is 34.6 Å². The van der Waals surface area contributed by atoms with Crippen LogP contribution in [-0.2, 0) is 6.18 Å². The van der Waals surface area contributed by atoms with Crippen LogP contribution in [0.2, 0.25) is 0 Å². The molecule has 1 saturated heterocycles. The van der Waals surface area contributed by atoms with Crippen molar-refractivity contribution in [3.63, 3.8) is 0 Å². The van der Waals surface area contributed by atoms with Crippen molar-refractivity contribution in [2.45, 2.75) is 47.2 Å². The molecule has 0 saturated carbocycles. The van der Waals surface area contributed by atoms with Crippen molar-refractivity contribution in [2.75, 3.05) is 19.8 Å². The number of rotatable bonds is 4. The highest BCUT2D eigenvalue weighted by molar-refractivity contribution is 6.03. The van der Waals surface area contributed by atoms with Gasteiger partial charge in [-0.15, -0.1) is 0 Å². The van der Waals surface area contributed by atoms with Gasteiger partial charge < -0.3 is 9.80 Å². The first-order valence-corrected chi connectivity index (χ1v) is 14.6. The van der Waals surface area contributed by atoms with Crippen molar-refractivity contribution >= 4 is 23.0 Å². The van der Waals surface area contributed by atoms with E-state index in [1.165, 1.54) is 12.1 Å². The average Bonchev–Trinajstić information content (AvgIpc) is 2.97. The Labute approximate surface area is 252 Å². The molecule has 0 spiro atoms. The number of aliphatic imine (C=N–C) groups is 2. The van der Waals surface area contributed by atoms with Gasteiger partial charge in [-0.25, -0.2) is 9.98 Å². The van der Waals surface area contributed by atoms with E-state index in [2.05, 4.69) is 60.0 Å². The summed E-state index contributed by atoms with van der Waals surface area (Å²) in [6.45, 7) is 12.2. The van der Waals surface area contributed by atoms with Crippen LogP contribution in [0.4, 0.5) is 24.5 Å². The predicted octanol–water partition coefficient (Wildman–Crippen LogP) is 9.07. The Morgan fingerprint density at radius 1 is 0.605 bits per heavy atom. The molecule has 1 aliphatic heterocycles. The maximum atomic E-state index is 13.4. The van der Waals surface area contributed by atoms with Gasteiger partial charge in [-0.2, -0.15) is 13.2 Å². The molecule has 43 heavy (non-hydrogen) atoms. The minimum atomic E-state index is -4.41. The van der Waals surface area contributed by atoms with Gasteiger partial charge in [-0.3, -0.25) is 0 Å². The molecule has 7 heteroatoms. The number of hydrogen-bond acceptors (Lipinski definition) is 2. The van der Waals surface area contributed by atoms with Gasteiger partial charge in [0.2, 0.25) is 0 Å². The zero-order chi connectivity index (χ0) is 30.7. The van der Waals surface area contributed by atoms with Gasteiger partial charge in [0.1, 0.15) is 11.7 Å². The zero-order valence-corrected chi connectivity index (χ0v) is 25.3. The maximum absolute atomic E-state index is 13.4. The van der Waals surface area contributed by atoms with Crippen molar-refractivity contribution in [3.05, 3.63) is 129 Å². The summed E-state index contributed by atoms with van der Waals surface area (Å²) in [6.07, 6.45) is -3.57. The lowest BCUT2D eigenvalue weighted by molar-refractivity contribution is -0.137. The molecule has 4 aromatic carbocycles. The molecule has 222 valence electrons. The van der Waals surface area contributed by atoms with E-state index in [0.29, 0.717) is 24.6 Å². The number of para-hydroxylation sites is 1. The van der Waals surface area contributed by atoms with Gasteiger partial charge in [0.25, 0.3) is 0 Å². The van der Waals surface area contributed by atoms with Crippen molar-refractivity contribution in [2.24, 2.45) is 9.98 Å². The molecule has 0 aromatic heterocycles. The molecule has 1 heterocycles. The summed E-state index contributed by atoms with van der Waals surface area (Å²) in [5.41, 5.74) is 8.14.